The van der Waals surface area contributed by atoms with Crippen molar-refractivity contribution in [3.8, 4) is 0 Å². The fraction of sp³-hybridized carbons (Fsp3) is 0.0870. The second-order valence-corrected chi connectivity index (χ2v) is 7.99. The van der Waals surface area contributed by atoms with E-state index in [4.69, 9.17) is 0 Å². The van der Waals surface area contributed by atoms with Crippen LogP contribution in [-0.4, -0.2) is 16.1 Å². The van der Waals surface area contributed by atoms with Gasteiger partial charge in [-0.25, -0.2) is 0 Å². The van der Waals surface area contributed by atoms with Gasteiger partial charge in [0.2, 0.25) is 0 Å². The molecule has 0 bridgehead atoms. The van der Waals surface area contributed by atoms with Gasteiger partial charge in [0.05, 0.1) is 5.56 Å². The monoisotopic (exact) mass is 548 g/mol. The maximum absolute atomic E-state index is 12.9. The lowest BCUT2D eigenvalue weighted by Crippen LogP contribution is -2.13. The third kappa shape index (κ3) is 4.98. The highest BCUT2D eigenvalue weighted by atomic mass is 127. The second-order valence-electron chi connectivity index (χ2n) is 6.97. The van der Waals surface area contributed by atoms with Gasteiger partial charge in [0.1, 0.15) is 3.70 Å². The Morgan fingerprint density at radius 3 is 2.44 bits per heavy atom. The van der Waals surface area contributed by atoms with Crippen molar-refractivity contribution in [1.29, 1.82) is 0 Å². The zero-order valence-electron chi connectivity index (χ0n) is 16.4. The highest BCUT2D eigenvalue weighted by molar-refractivity contribution is 14.1. The Kier molecular flexibility index (Phi) is 6.26. The summed E-state index contributed by atoms with van der Waals surface area (Å²) in [6.07, 6.45) is -4.49. The SMILES string of the molecule is O=C(Nc1cccc(C(F)(F)F)c1)c1ccc2c(I)nnc(NCc3ccccc3)c2c1. The van der Waals surface area contributed by atoms with Gasteiger partial charge in [0, 0.05) is 28.6 Å². The van der Waals surface area contributed by atoms with E-state index in [9.17, 15) is 18.0 Å². The summed E-state index contributed by atoms with van der Waals surface area (Å²) in [5.74, 6) is -0.00922. The quantitative estimate of drug-likeness (QED) is 0.295. The molecule has 1 aromatic heterocycles. The van der Waals surface area contributed by atoms with Gasteiger partial charge < -0.3 is 10.6 Å². The van der Waals surface area contributed by atoms with Crippen LogP contribution in [0.25, 0.3) is 10.8 Å². The summed E-state index contributed by atoms with van der Waals surface area (Å²) in [7, 11) is 0. The summed E-state index contributed by atoms with van der Waals surface area (Å²) in [4.78, 5) is 12.7. The lowest BCUT2D eigenvalue weighted by atomic mass is 10.1. The van der Waals surface area contributed by atoms with Crippen molar-refractivity contribution < 1.29 is 18.0 Å². The number of carbonyl (C=O) groups excluding carboxylic acids is 1. The molecule has 0 radical (unpaired) electrons. The molecule has 0 spiro atoms. The number of aromatic nitrogens is 2. The van der Waals surface area contributed by atoms with Gasteiger partial charge in [-0.15, -0.1) is 10.2 Å². The fourth-order valence-corrected chi connectivity index (χ4v) is 3.73. The van der Waals surface area contributed by atoms with E-state index in [0.717, 1.165) is 23.1 Å². The van der Waals surface area contributed by atoms with Gasteiger partial charge in [0.25, 0.3) is 5.91 Å². The highest BCUT2D eigenvalue weighted by Gasteiger charge is 2.30. The van der Waals surface area contributed by atoms with Crippen LogP contribution >= 0.6 is 22.6 Å². The first kappa shape index (κ1) is 22.0. The first-order valence-corrected chi connectivity index (χ1v) is 10.6. The van der Waals surface area contributed by atoms with E-state index in [1.165, 1.54) is 12.1 Å². The molecule has 0 saturated heterocycles. The minimum absolute atomic E-state index is 0.0646. The number of carbonyl (C=O) groups is 1. The molecule has 5 nitrogen and oxygen atoms in total. The standard InChI is InChI=1S/C23H16F3IN4O/c24-23(25,26)16-7-4-8-17(12-16)29-22(32)15-9-10-18-19(11-15)21(31-30-20(18)27)28-13-14-5-2-1-3-6-14/h1-12H,13H2,(H,28,31)(H,29,32). The largest absolute Gasteiger partial charge is 0.416 e. The molecule has 2 N–H and O–H groups in total. The number of nitrogens with zero attached hydrogens (tertiary/aromatic N) is 2. The predicted molar refractivity (Wildman–Crippen MR) is 125 cm³/mol. The van der Waals surface area contributed by atoms with Crippen molar-refractivity contribution in [2.24, 2.45) is 0 Å². The van der Waals surface area contributed by atoms with Crippen LogP contribution in [0, 0.1) is 3.70 Å². The molecule has 32 heavy (non-hydrogen) atoms. The molecular formula is C23H16F3IN4O. The number of hydrogen-bond acceptors (Lipinski definition) is 4. The predicted octanol–water partition coefficient (Wildman–Crippen LogP) is 6.12. The number of rotatable bonds is 5. The number of anilines is 2. The molecule has 4 rings (SSSR count). The van der Waals surface area contributed by atoms with Crippen LogP contribution in [0.15, 0.2) is 72.8 Å². The molecular weight excluding hydrogens is 532 g/mol. The molecule has 4 aromatic rings. The zero-order chi connectivity index (χ0) is 22.7. The van der Waals surface area contributed by atoms with E-state index in [1.54, 1.807) is 18.2 Å². The Morgan fingerprint density at radius 1 is 0.906 bits per heavy atom. The summed E-state index contributed by atoms with van der Waals surface area (Å²) in [5.41, 5.74) is 0.585. The molecule has 0 aliphatic carbocycles. The Hall–Kier alpha value is -3.21. The summed E-state index contributed by atoms with van der Waals surface area (Å²) in [6.45, 7) is 0.520. The first-order valence-electron chi connectivity index (χ1n) is 9.53. The molecule has 3 aromatic carbocycles. The number of alkyl halides is 3. The molecule has 0 fully saturated rings. The van der Waals surface area contributed by atoms with Crippen molar-refractivity contribution >= 4 is 50.8 Å². The van der Waals surface area contributed by atoms with Crippen molar-refractivity contribution in [3.63, 3.8) is 0 Å². The van der Waals surface area contributed by atoms with Crippen molar-refractivity contribution in [1.82, 2.24) is 10.2 Å². The van der Waals surface area contributed by atoms with Crippen molar-refractivity contribution in [2.75, 3.05) is 10.6 Å². The van der Waals surface area contributed by atoms with Gasteiger partial charge >= 0.3 is 6.18 Å². The van der Waals surface area contributed by atoms with E-state index in [0.29, 0.717) is 27.0 Å². The number of fused-ring (bicyclic) bond motifs is 1. The minimum Gasteiger partial charge on any atom is -0.364 e. The molecule has 0 saturated carbocycles. The van der Waals surface area contributed by atoms with Gasteiger partial charge in [-0.2, -0.15) is 13.2 Å². The van der Waals surface area contributed by atoms with Crippen LogP contribution in [0.4, 0.5) is 24.7 Å². The van der Waals surface area contributed by atoms with Crippen LogP contribution in [0.5, 0.6) is 0 Å². The van der Waals surface area contributed by atoms with Crippen molar-refractivity contribution in [2.45, 2.75) is 12.7 Å². The third-order valence-electron chi connectivity index (χ3n) is 4.75. The summed E-state index contributed by atoms with van der Waals surface area (Å²) < 4.78 is 39.5. The minimum atomic E-state index is -4.49. The second kappa shape index (κ2) is 9.11. The van der Waals surface area contributed by atoms with Crippen LogP contribution in [-0.2, 0) is 12.7 Å². The lowest BCUT2D eigenvalue weighted by molar-refractivity contribution is -0.137. The average Bonchev–Trinajstić information content (AvgIpc) is 2.79. The number of hydrogen-bond donors (Lipinski definition) is 2. The summed E-state index contributed by atoms with van der Waals surface area (Å²) in [6, 6.07) is 19.3. The van der Waals surface area contributed by atoms with E-state index < -0.39 is 17.6 Å². The molecule has 1 amide bonds. The first-order chi connectivity index (χ1) is 15.3. The Balaban J connectivity index is 1.61. The topological polar surface area (TPSA) is 66.9 Å². The molecule has 0 aliphatic heterocycles. The smallest absolute Gasteiger partial charge is 0.364 e. The Bertz CT molecular complexity index is 1280. The lowest BCUT2D eigenvalue weighted by Gasteiger charge is -2.12. The van der Waals surface area contributed by atoms with E-state index in [2.05, 4.69) is 43.4 Å². The summed E-state index contributed by atoms with van der Waals surface area (Å²) in [5, 5.41) is 15.7. The third-order valence-corrected chi connectivity index (χ3v) is 5.54. The van der Waals surface area contributed by atoms with E-state index in [-0.39, 0.29) is 5.69 Å². The van der Waals surface area contributed by atoms with Crippen LogP contribution < -0.4 is 10.6 Å². The number of nitrogens with one attached hydrogen (secondary N) is 2. The molecule has 9 heteroatoms. The van der Waals surface area contributed by atoms with Gasteiger partial charge in [-0.3, -0.25) is 4.79 Å². The van der Waals surface area contributed by atoms with E-state index in [1.807, 2.05) is 30.3 Å². The molecule has 0 aliphatic rings. The van der Waals surface area contributed by atoms with Crippen LogP contribution in [0.1, 0.15) is 21.5 Å². The Labute approximate surface area is 195 Å². The van der Waals surface area contributed by atoms with E-state index >= 15 is 0 Å². The molecule has 0 unspecified atom stereocenters. The maximum atomic E-state index is 12.9. The van der Waals surface area contributed by atoms with Gasteiger partial charge in [0.15, 0.2) is 5.82 Å². The molecule has 0 atom stereocenters. The van der Waals surface area contributed by atoms with Crippen LogP contribution in [0.2, 0.25) is 0 Å². The van der Waals surface area contributed by atoms with Crippen molar-refractivity contribution in [3.05, 3.63) is 93.2 Å². The normalized spacial score (nSPS) is 11.4. The zero-order valence-corrected chi connectivity index (χ0v) is 18.6. The molecule has 162 valence electrons. The highest BCUT2D eigenvalue weighted by Crippen LogP contribution is 2.31. The van der Waals surface area contributed by atoms with Gasteiger partial charge in [-0.05, 0) is 58.5 Å². The Morgan fingerprint density at radius 2 is 1.69 bits per heavy atom. The maximum Gasteiger partial charge on any atom is 0.416 e. The number of benzene rings is 3. The molecule has 1 heterocycles. The fourth-order valence-electron chi connectivity index (χ4n) is 3.15. The van der Waals surface area contributed by atoms with Crippen LogP contribution in [0.3, 0.4) is 0 Å². The number of halogens is 4. The van der Waals surface area contributed by atoms with Gasteiger partial charge in [-0.1, -0.05) is 42.5 Å². The summed E-state index contributed by atoms with van der Waals surface area (Å²) >= 11 is 2.06. The number of amides is 1. The average molecular weight is 548 g/mol.